The van der Waals surface area contributed by atoms with Crippen molar-refractivity contribution in [1.82, 2.24) is 19.4 Å². The van der Waals surface area contributed by atoms with Crippen molar-refractivity contribution in [1.29, 1.82) is 0 Å². The van der Waals surface area contributed by atoms with Crippen LogP contribution in [0.25, 0.3) is 0 Å². The lowest BCUT2D eigenvalue weighted by Gasteiger charge is -2.25. The molecule has 3 rings (SSSR count). The number of halogens is 1. The van der Waals surface area contributed by atoms with Crippen LogP contribution < -0.4 is 5.32 Å². The van der Waals surface area contributed by atoms with Crippen LogP contribution in [-0.2, 0) is 11.3 Å². The van der Waals surface area contributed by atoms with E-state index in [1.807, 2.05) is 6.92 Å². The molecule has 0 aliphatic carbocycles. The van der Waals surface area contributed by atoms with Crippen LogP contribution in [0.4, 0.5) is 10.1 Å². The SMILES string of the molecule is CCN1CCn2cc(C(=O)N(C)CC(=O)Nc3ccc(F)cc3)nc2C1=O. The minimum atomic E-state index is -0.456. The molecular formula is C18H20FN5O3. The Hall–Kier alpha value is -3.23. The number of fused-ring (bicyclic) bond motifs is 1. The van der Waals surface area contributed by atoms with E-state index in [2.05, 4.69) is 10.3 Å². The summed E-state index contributed by atoms with van der Waals surface area (Å²) in [5, 5.41) is 2.59. The van der Waals surface area contributed by atoms with E-state index in [0.717, 1.165) is 0 Å². The van der Waals surface area contributed by atoms with Gasteiger partial charge < -0.3 is 19.7 Å². The average molecular weight is 373 g/mol. The number of anilines is 1. The van der Waals surface area contributed by atoms with Crippen LogP contribution in [0.2, 0.25) is 0 Å². The lowest BCUT2D eigenvalue weighted by atomic mass is 10.3. The van der Waals surface area contributed by atoms with E-state index in [4.69, 9.17) is 0 Å². The third kappa shape index (κ3) is 3.97. The predicted molar refractivity (Wildman–Crippen MR) is 95.8 cm³/mol. The molecule has 27 heavy (non-hydrogen) atoms. The topological polar surface area (TPSA) is 87.5 Å². The minimum Gasteiger partial charge on any atom is -0.334 e. The van der Waals surface area contributed by atoms with Crippen LogP contribution in [0, 0.1) is 5.82 Å². The summed E-state index contributed by atoms with van der Waals surface area (Å²) in [6, 6.07) is 5.33. The number of hydrogen-bond donors (Lipinski definition) is 1. The van der Waals surface area contributed by atoms with Crippen LogP contribution >= 0.6 is 0 Å². The third-order valence-electron chi connectivity index (χ3n) is 4.32. The molecule has 0 saturated carbocycles. The van der Waals surface area contributed by atoms with Crippen LogP contribution in [-0.4, -0.2) is 63.8 Å². The van der Waals surface area contributed by atoms with Crippen LogP contribution in [0.1, 0.15) is 28.0 Å². The van der Waals surface area contributed by atoms with Gasteiger partial charge in [-0.25, -0.2) is 9.37 Å². The molecule has 1 aromatic heterocycles. The Kier molecular flexibility index (Phi) is 5.20. The zero-order chi connectivity index (χ0) is 19.6. The number of hydrogen-bond acceptors (Lipinski definition) is 4. The Morgan fingerprint density at radius 1 is 1.26 bits per heavy atom. The molecule has 142 valence electrons. The zero-order valence-electron chi connectivity index (χ0n) is 15.1. The number of nitrogens with one attached hydrogen (secondary N) is 1. The molecule has 1 aromatic carbocycles. The van der Waals surface area contributed by atoms with Gasteiger partial charge in [0.1, 0.15) is 11.5 Å². The van der Waals surface area contributed by atoms with Crippen LogP contribution in [0.15, 0.2) is 30.5 Å². The van der Waals surface area contributed by atoms with Gasteiger partial charge >= 0.3 is 0 Å². The number of aromatic nitrogens is 2. The molecule has 3 amide bonds. The molecule has 2 aromatic rings. The van der Waals surface area contributed by atoms with E-state index in [1.54, 1.807) is 9.47 Å². The molecule has 1 aliphatic rings. The highest BCUT2D eigenvalue weighted by molar-refractivity contribution is 5.99. The monoisotopic (exact) mass is 373 g/mol. The molecule has 8 nitrogen and oxygen atoms in total. The van der Waals surface area contributed by atoms with Crippen LogP contribution in [0.3, 0.4) is 0 Å². The van der Waals surface area contributed by atoms with E-state index < -0.39 is 17.6 Å². The first-order chi connectivity index (χ1) is 12.9. The van der Waals surface area contributed by atoms with Gasteiger partial charge in [-0.3, -0.25) is 14.4 Å². The smallest absolute Gasteiger partial charge is 0.289 e. The third-order valence-corrected chi connectivity index (χ3v) is 4.32. The van der Waals surface area contributed by atoms with Gasteiger partial charge in [0, 0.05) is 38.6 Å². The second-order valence-electron chi connectivity index (χ2n) is 6.24. The first-order valence-electron chi connectivity index (χ1n) is 8.56. The lowest BCUT2D eigenvalue weighted by Crippen LogP contribution is -2.40. The van der Waals surface area contributed by atoms with E-state index in [1.165, 1.54) is 42.4 Å². The predicted octanol–water partition coefficient (Wildman–Crippen LogP) is 1.21. The molecule has 0 bridgehead atoms. The molecule has 0 unspecified atom stereocenters. The number of rotatable bonds is 5. The first-order valence-corrected chi connectivity index (χ1v) is 8.56. The summed E-state index contributed by atoms with van der Waals surface area (Å²) in [7, 11) is 1.48. The van der Waals surface area contributed by atoms with E-state index >= 15 is 0 Å². The number of amides is 3. The fraction of sp³-hybridized carbons (Fsp3) is 0.333. The maximum atomic E-state index is 12.9. The fourth-order valence-electron chi connectivity index (χ4n) is 2.85. The quantitative estimate of drug-likeness (QED) is 0.853. The average Bonchev–Trinajstić information content (AvgIpc) is 3.08. The second-order valence-corrected chi connectivity index (χ2v) is 6.24. The normalized spacial score (nSPS) is 13.3. The number of carbonyl (C=O) groups excluding carboxylic acids is 3. The van der Waals surface area contributed by atoms with Gasteiger partial charge in [0.25, 0.3) is 11.8 Å². The Balaban J connectivity index is 1.64. The minimum absolute atomic E-state index is 0.119. The molecule has 9 heteroatoms. The number of benzene rings is 1. The second kappa shape index (κ2) is 7.56. The van der Waals surface area contributed by atoms with E-state index in [0.29, 0.717) is 25.3 Å². The van der Waals surface area contributed by atoms with Crippen molar-refractivity contribution >= 4 is 23.4 Å². The molecule has 0 saturated heterocycles. The summed E-state index contributed by atoms with van der Waals surface area (Å²) >= 11 is 0. The highest BCUT2D eigenvalue weighted by Gasteiger charge is 2.28. The maximum absolute atomic E-state index is 12.9. The number of likely N-dealkylation sites (N-methyl/N-ethyl adjacent to an activating group) is 2. The van der Waals surface area contributed by atoms with Crippen molar-refractivity contribution in [2.75, 3.05) is 32.0 Å². The Labute approximate surface area is 155 Å². The summed E-state index contributed by atoms with van der Waals surface area (Å²) in [4.78, 5) is 44.0. The zero-order valence-corrected chi connectivity index (χ0v) is 15.1. The maximum Gasteiger partial charge on any atom is 0.289 e. The molecule has 0 spiro atoms. The van der Waals surface area contributed by atoms with Crippen molar-refractivity contribution in [3.63, 3.8) is 0 Å². The highest BCUT2D eigenvalue weighted by atomic mass is 19.1. The first kappa shape index (κ1) is 18.6. The number of carbonyl (C=O) groups is 3. The molecule has 1 N–H and O–H groups in total. The summed E-state index contributed by atoms with van der Waals surface area (Å²) in [5.74, 6) is -1.26. The summed E-state index contributed by atoms with van der Waals surface area (Å²) in [6.07, 6.45) is 1.54. The van der Waals surface area contributed by atoms with Crippen molar-refractivity contribution in [3.05, 3.63) is 47.8 Å². The number of imidazole rings is 1. The van der Waals surface area contributed by atoms with Gasteiger partial charge in [-0.05, 0) is 31.2 Å². The van der Waals surface area contributed by atoms with Gasteiger partial charge in [0.05, 0.1) is 6.54 Å². The van der Waals surface area contributed by atoms with E-state index in [9.17, 15) is 18.8 Å². The largest absolute Gasteiger partial charge is 0.334 e. The summed E-state index contributed by atoms with van der Waals surface area (Å²) in [5.41, 5.74) is 0.554. The molecule has 0 fully saturated rings. The lowest BCUT2D eigenvalue weighted by molar-refractivity contribution is -0.116. The molecule has 0 radical (unpaired) electrons. The van der Waals surface area contributed by atoms with Gasteiger partial charge in [0.2, 0.25) is 5.91 Å². The molecule has 2 heterocycles. The van der Waals surface area contributed by atoms with Gasteiger partial charge in [-0.1, -0.05) is 0 Å². The Morgan fingerprint density at radius 2 is 1.96 bits per heavy atom. The van der Waals surface area contributed by atoms with E-state index in [-0.39, 0.29) is 24.0 Å². The standard InChI is InChI=1S/C18H20FN5O3/c1-3-23-8-9-24-10-14(21-16(24)18(23)27)17(26)22(2)11-15(25)20-13-6-4-12(19)5-7-13/h4-7,10H,3,8-9,11H2,1-2H3,(H,20,25). The molecular weight excluding hydrogens is 353 g/mol. The van der Waals surface area contributed by atoms with Crippen molar-refractivity contribution in [3.8, 4) is 0 Å². The van der Waals surface area contributed by atoms with Crippen molar-refractivity contribution in [2.24, 2.45) is 0 Å². The van der Waals surface area contributed by atoms with Gasteiger partial charge in [0.15, 0.2) is 5.82 Å². The summed E-state index contributed by atoms with van der Waals surface area (Å²) in [6.45, 7) is 3.41. The van der Waals surface area contributed by atoms with Crippen LogP contribution in [0.5, 0.6) is 0 Å². The van der Waals surface area contributed by atoms with Crippen molar-refractivity contribution < 1.29 is 18.8 Å². The fourth-order valence-corrected chi connectivity index (χ4v) is 2.85. The molecule has 1 aliphatic heterocycles. The highest BCUT2D eigenvalue weighted by Crippen LogP contribution is 2.14. The van der Waals surface area contributed by atoms with Crippen molar-refractivity contribution in [2.45, 2.75) is 13.5 Å². The van der Waals surface area contributed by atoms with Gasteiger partial charge in [-0.15, -0.1) is 0 Å². The number of nitrogens with zero attached hydrogens (tertiary/aromatic N) is 4. The molecule has 0 atom stereocenters. The summed E-state index contributed by atoms with van der Waals surface area (Å²) < 4.78 is 14.6. The Bertz CT molecular complexity index is 878. The Morgan fingerprint density at radius 3 is 2.63 bits per heavy atom. The van der Waals surface area contributed by atoms with Gasteiger partial charge in [-0.2, -0.15) is 0 Å².